The molecule has 102 valence electrons. The summed E-state index contributed by atoms with van der Waals surface area (Å²) in [5.74, 6) is 3.64. The maximum Gasteiger partial charge on any atom is 0.143 e. The smallest absolute Gasteiger partial charge is 0.143 e. The summed E-state index contributed by atoms with van der Waals surface area (Å²) in [5, 5.41) is 0. The van der Waals surface area contributed by atoms with Crippen LogP contribution in [0.4, 0.5) is 0 Å². The van der Waals surface area contributed by atoms with Crippen molar-refractivity contribution in [3.8, 4) is 0 Å². The van der Waals surface area contributed by atoms with Crippen molar-refractivity contribution in [3.05, 3.63) is 29.8 Å². The third-order valence-electron chi connectivity index (χ3n) is 4.86. The number of fused-ring (bicyclic) bond motifs is 2. The van der Waals surface area contributed by atoms with Gasteiger partial charge in [-0.15, -0.1) is 11.8 Å². The van der Waals surface area contributed by atoms with Crippen molar-refractivity contribution in [3.63, 3.8) is 0 Å². The quantitative estimate of drug-likeness (QED) is 0.736. The second-order valence-corrected chi connectivity index (χ2v) is 7.25. The fourth-order valence-corrected chi connectivity index (χ4v) is 4.76. The zero-order valence-electron chi connectivity index (χ0n) is 11.6. The summed E-state index contributed by atoms with van der Waals surface area (Å²) in [4.78, 5) is 13.4. The lowest BCUT2D eigenvalue weighted by atomic mass is 9.85. The summed E-state index contributed by atoms with van der Waals surface area (Å²) in [7, 11) is 0. The summed E-state index contributed by atoms with van der Waals surface area (Å²) >= 11 is 1.71. The molecule has 0 aliphatic heterocycles. The standard InChI is InChI=1S/C17H22OS/c1-12-4-2-3-5-17(12)19-11-16(18)10-15-9-13-6-7-14(15)8-13/h2-5,13-15H,6-11H2,1H3. The van der Waals surface area contributed by atoms with Crippen molar-refractivity contribution in [1.29, 1.82) is 0 Å². The normalized spacial score (nSPS) is 28.8. The van der Waals surface area contributed by atoms with Crippen LogP contribution in [0.1, 0.15) is 37.7 Å². The Bertz CT molecular complexity index is 468. The molecule has 2 fully saturated rings. The molecule has 0 saturated heterocycles. The van der Waals surface area contributed by atoms with Crippen molar-refractivity contribution in [2.45, 2.75) is 43.9 Å². The Hall–Kier alpha value is -0.760. The minimum atomic E-state index is 0.450. The van der Waals surface area contributed by atoms with Crippen molar-refractivity contribution >= 4 is 17.5 Å². The summed E-state index contributed by atoms with van der Waals surface area (Å²) in [6, 6.07) is 8.33. The molecular formula is C17H22OS. The van der Waals surface area contributed by atoms with Gasteiger partial charge >= 0.3 is 0 Å². The van der Waals surface area contributed by atoms with Gasteiger partial charge in [0.25, 0.3) is 0 Å². The highest BCUT2D eigenvalue weighted by Crippen LogP contribution is 2.49. The monoisotopic (exact) mass is 274 g/mol. The fraction of sp³-hybridized carbons (Fsp3) is 0.588. The number of thioether (sulfide) groups is 1. The molecule has 19 heavy (non-hydrogen) atoms. The molecule has 0 aromatic heterocycles. The molecule has 0 heterocycles. The third kappa shape index (κ3) is 3.05. The summed E-state index contributed by atoms with van der Waals surface area (Å²) in [6.45, 7) is 2.11. The van der Waals surface area contributed by atoms with Gasteiger partial charge in [-0.05, 0) is 55.6 Å². The molecule has 0 N–H and O–H groups in total. The molecule has 1 aromatic carbocycles. The maximum atomic E-state index is 12.1. The first-order valence-electron chi connectivity index (χ1n) is 7.42. The number of Topliss-reactive ketones (excluding diaryl/α,β-unsaturated/α-hetero) is 1. The average molecular weight is 274 g/mol. The lowest BCUT2D eigenvalue weighted by molar-refractivity contribution is -0.117. The number of benzene rings is 1. The first-order valence-corrected chi connectivity index (χ1v) is 8.41. The van der Waals surface area contributed by atoms with E-state index in [0.717, 1.165) is 18.3 Å². The van der Waals surface area contributed by atoms with E-state index < -0.39 is 0 Å². The maximum absolute atomic E-state index is 12.1. The number of hydrogen-bond donors (Lipinski definition) is 0. The minimum Gasteiger partial charge on any atom is -0.299 e. The molecule has 2 aliphatic rings. The highest BCUT2D eigenvalue weighted by Gasteiger charge is 2.39. The third-order valence-corrected chi connectivity index (χ3v) is 6.09. The van der Waals surface area contributed by atoms with E-state index in [-0.39, 0.29) is 0 Å². The van der Waals surface area contributed by atoms with E-state index in [9.17, 15) is 4.79 Å². The molecule has 3 unspecified atom stereocenters. The van der Waals surface area contributed by atoms with Crippen LogP contribution < -0.4 is 0 Å². The lowest BCUT2D eigenvalue weighted by Gasteiger charge is -2.20. The minimum absolute atomic E-state index is 0.450. The molecule has 0 spiro atoms. The van der Waals surface area contributed by atoms with Crippen molar-refractivity contribution < 1.29 is 4.79 Å². The number of hydrogen-bond acceptors (Lipinski definition) is 2. The van der Waals surface area contributed by atoms with Gasteiger partial charge in [0, 0.05) is 11.3 Å². The van der Waals surface area contributed by atoms with Crippen LogP contribution in [0.25, 0.3) is 0 Å². The molecule has 3 rings (SSSR count). The van der Waals surface area contributed by atoms with Crippen LogP contribution in [-0.2, 0) is 4.79 Å². The van der Waals surface area contributed by atoms with E-state index in [4.69, 9.17) is 0 Å². The highest BCUT2D eigenvalue weighted by molar-refractivity contribution is 8.00. The zero-order valence-corrected chi connectivity index (χ0v) is 12.4. The summed E-state index contributed by atoms with van der Waals surface area (Å²) in [6.07, 6.45) is 6.37. The van der Waals surface area contributed by atoms with E-state index in [1.54, 1.807) is 11.8 Å². The zero-order chi connectivity index (χ0) is 13.2. The second kappa shape index (κ2) is 5.70. The number of ketones is 1. The number of carbonyl (C=O) groups is 1. The molecule has 3 atom stereocenters. The van der Waals surface area contributed by atoms with Gasteiger partial charge in [-0.25, -0.2) is 0 Å². The Balaban J connectivity index is 1.48. The van der Waals surface area contributed by atoms with Gasteiger partial charge < -0.3 is 0 Å². The Morgan fingerprint density at radius 2 is 2.11 bits per heavy atom. The Labute approximate surface area is 120 Å². The van der Waals surface area contributed by atoms with Crippen LogP contribution in [0.5, 0.6) is 0 Å². The molecule has 2 aliphatic carbocycles. The van der Waals surface area contributed by atoms with Gasteiger partial charge in [0.05, 0.1) is 5.75 Å². The predicted octanol–water partition coefficient (Wildman–Crippen LogP) is 4.48. The van der Waals surface area contributed by atoms with Gasteiger partial charge in [0.2, 0.25) is 0 Å². The first kappa shape index (κ1) is 13.2. The van der Waals surface area contributed by atoms with Crippen LogP contribution in [0.2, 0.25) is 0 Å². The number of rotatable bonds is 5. The number of aryl methyl sites for hydroxylation is 1. The topological polar surface area (TPSA) is 17.1 Å². The molecule has 1 nitrogen and oxygen atoms in total. The van der Waals surface area contributed by atoms with Crippen LogP contribution in [0, 0.1) is 24.7 Å². The summed E-state index contributed by atoms with van der Waals surface area (Å²) in [5.41, 5.74) is 1.28. The van der Waals surface area contributed by atoms with Gasteiger partial charge in [-0.1, -0.05) is 24.6 Å². The Morgan fingerprint density at radius 1 is 1.26 bits per heavy atom. The van der Waals surface area contributed by atoms with Gasteiger partial charge in [-0.3, -0.25) is 4.79 Å². The molecular weight excluding hydrogens is 252 g/mol. The van der Waals surface area contributed by atoms with Crippen LogP contribution >= 0.6 is 11.8 Å². The van der Waals surface area contributed by atoms with Crippen molar-refractivity contribution in [1.82, 2.24) is 0 Å². The molecule has 2 saturated carbocycles. The largest absolute Gasteiger partial charge is 0.299 e. The summed E-state index contributed by atoms with van der Waals surface area (Å²) < 4.78 is 0. The van der Waals surface area contributed by atoms with Gasteiger partial charge in [0.15, 0.2) is 0 Å². The molecule has 1 aromatic rings. The average Bonchev–Trinajstić information content (AvgIpc) is 3.00. The van der Waals surface area contributed by atoms with Crippen LogP contribution in [-0.4, -0.2) is 11.5 Å². The van der Waals surface area contributed by atoms with E-state index in [1.807, 2.05) is 0 Å². The van der Waals surface area contributed by atoms with E-state index in [0.29, 0.717) is 17.5 Å². The first-order chi connectivity index (χ1) is 9.22. The SMILES string of the molecule is Cc1ccccc1SCC(=O)CC1CC2CCC1C2. The van der Waals surface area contributed by atoms with Crippen LogP contribution in [0.3, 0.4) is 0 Å². The Morgan fingerprint density at radius 3 is 2.79 bits per heavy atom. The molecule has 0 amide bonds. The van der Waals surface area contributed by atoms with E-state index >= 15 is 0 Å². The molecule has 2 bridgehead atoms. The van der Waals surface area contributed by atoms with Gasteiger partial charge in [-0.2, -0.15) is 0 Å². The Kier molecular flexibility index (Phi) is 3.97. The van der Waals surface area contributed by atoms with Crippen LogP contribution in [0.15, 0.2) is 29.2 Å². The van der Waals surface area contributed by atoms with E-state index in [2.05, 4.69) is 31.2 Å². The number of carbonyl (C=O) groups excluding carboxylic acids is 1. The van der Waals surface area contributed by atoms with Crippen molar-refractivity contribution in [2.24, 2.45) is 17.8 Å². The van der Waals surface area contributed by atoms with E-state index in [1.165, 1.54) is 36.1 Å². The van der Waals surface area contributed by atoms with Gasteiger partial charge in [0.1, 0.15) is 5.78 Å². The fourth-order valence-electron chi connectivity index (χ4n) is 3.85. The highest BCUT2D eigenvalue weighted by atomic mass is 32.2. The second-order valence-electron chi connectivity index (χ2n) is 6.23. The van der Waals surface area contributed by atoms with Crippen molar-refractivity contribution in [2.75, 3.05) is 5.75 Å². The lowest BCUT2D eigenvalue weighted by Crippen LogP contribution is -2.16. The molecule has 0 radical (unpaired) electrons. The molecule has 2 heteroatoms. The predicted molar refractivity (Wildman–Crippen MR) is 80.5 cm³/mol.